The standard InChI is InChI=1S/C22H27N5O/c1-3-26(4-2)13-14-27-18-10-9-17(24-12-11-23)19-20(18)21(25-27)15-7-5-6-8-16(15)22(19)28/h5-10,24H,3-4,11-14,23H2,1-2H3. The molecule has 0 saturated carbocycles. The van der Waals surface area contributed by atoms with Crippen LogP contribution in [0.15, 0.2) is 36.4 Å². The number of hydrogen-bond donors (Lipinski definition) is 2. The van der Waals surface area contributed by atoms with Crippen molar-refractivity contribution < 1.29 is 4.79 Å². The Balaban J connectivity index is 1.88. The summed E-state index contributed by atoms with van der Waals surface area (Å²) in [6.07, 6.45) is 0. The molecule has 146 valence electrons. The first-order chi connectivity index (χ1) is 13.7. The van der Waals surface area contributed by atoms with E-state index in [9.17, 15) is 4.79 Å². The fourth-order valence-electron chi connectivity index (χ4n) is 4.02. The van der Waals surface area contributed by atoms with Gasteiger partial charge in [0.05, 0.1) is 17.6 Å². The first-order valence-corrected chi connectivity index (χ1v) is 10.0. The molecule has 0 radical (unpaired) electrons. The van der Waals surface area contributed by atoms with Gasteiger partial charge >= 0.3 is 0 Å². The number of aromatic nitrogens is 2. The maximum atomic E-state index is 13.3. The van der Waals surface area contributed by atoms with Crippen molar-refractivity contribution in [1.29, 1.82) is 0 Å². The zero-order valence-electron chi connectivity index (χ0n) is 16.5. The van der Waals surface area contributed by atoms with Crippen molar-refractivity contribution in [2.75, 3.05) is 38.0 Å². The third kappa shape index (κ3) is 2.99. The van der Waals surface area contributed by atoms with Crippen molar-refractivity contribution in [1.82, 2.24) is 14.7 Å². The smallest absolute Gasteiger partial charge is 0.196 e. The van der Waals surface area contributed by atoms with Gasteiger partial charge in [0.25, 0.3) is 0 Å². The average Bonchev–Trinajstić information content (AvgIpc) is 3.10. The van der Waals surface area contributed by atoms with E-state index >= 15 is 0 Å². The molecule has 0 spiro atoms. The minimum atomic E-state index is 0.0523. The Hall–Kier alpha value is -2.70. The van der Waals surface area contributed by atoms with Gasteiger partial charge in [0.1, 0.15) is 5.69 Å². The van der Waals surface area contributed by atoms with Crippen LogP contribution in [0.3, 0.4) is 0 Å². The highest BCUT2D eigenvalue weighted by atomic mass is 16.1. The number of likely N-dealkylation sites (N-methyl/N-ethyl adjacent to an activating group) is 1. The Morgan fingerprint density at radius 1 is 1.11 bits per heavy atom. The van der Waals surface area contributed by atoms with E-state index in [4.69, 9.17) is 10.8 Å². The number of carbonyl (C=O) groups is 1. The largest absolute Gasteiger partial charge is 0.383 e. The molecular weight excluding hydrogens is 350 g/mol. The Morgan fingerprint density at radius 3 is 2.57 bits per heavy atom. The van der Waals surface area contributed by atoms with Crippen LogP contribution >= 0.6 is 0 Å². The van der Waals surface area contributed by atoms with E-state index in [1.165, 1.54) is 0 Å². The van der Waals surface area contributed by atoms with E-state index < -0.39 is 0 Å². The molecule has 0 fully saturated rings. The summed E-state index contributed by atoms with van der Waals surface area (Å²) in [5.74, 6) is 0.0523. The molecule has 2 aromatic carbocycles. The van der Waals surface area contributed by atoms with E-state index in [1.54, 1.807) is 0 Å². The lowest BCUT2D eigenvalue weighted by molar-refractivity contribution is 0.104. The van der Waals surface area contributed by atoms with Crippen molar-refractivity contribution in [3.8, 4) is 11.3 Å². The Labute approximate surface area is 165 Å². The molecular formula is C22H27N5O. The molecule has 0 atom stereocenters. The van der Waals surface area contributed by atoms with E-state index in [0.29, 0.717) is 24.2 Å². The first-order valence-electron chi connectivity index (χ1n) is 10.0. The second-order valence-electron chi connectivity index (χ2n) is 7.07. The van der Waals surface area contributed by atoms with E-state index in [-0.39, 0.29) is 5.78 Å². The second kappa shape index (κ2) is 7.73. The summed E-state index contributed by atoms with van der Waals surface area (Å²) in [5.41, 5.74) is 10.8. The molecule has 6 nitrogen and oxygen atoms in total. The summed E-state index contributed by atoms with van der Waals surface area (Å²) in [4.78, 5) is 15.7. The van der Waals surface area contributed by atoms with Gasteiger partial charge in [0.2, 0.25) is 0 Å². The molecule has 1 aromatic heterocycles. The summed E-state index contributed by atoms with van der Waals surface area (Å²) >= 11 is 0. The molecule has 28 heavy (non-hydrogen) atoms. The number of nitrogens with two attached hydrogens (primary N) is 1. The van der Waals surface area contributed by atoms with Gasteiger partial charge in [-0.05, 0) is 25.2 Å². The van der Waals surface area contributed by atoms with Gasteiger partial charge in [0.15, 0.2) is 5.78 Å². The number of rotatable bonds is 8. The molecule has 3 aromatic rings. The highest BCUT2D eigenvalue weighted by Gasteiger charge is 2.30. The van der Waals surface area contributed by atoms with E-state index in [0.717, 1.165) is 54.0 Å². The van der Waals surface area contributed by atoms with Crippen molar-refractivity contribution in [2.24, 2.45) is 5.73 Å². The number of ketones is 1. The summed E-state index contributed by atoms with van der Waals surface area (Å²) in [6.45, 7) is 9.24. The number of fused-ring (bicyclic) bond motifs is 2. The number of benzene rings is 2. The fourth-order valence-corrected chi connectivity index (χ4v) is 4.02. The summed E-state index contributed by atoms with van der Waals surface area (Å²) in [7, 11) is 0. The van der Waals surface area contributed by atoms with Gasteiger partial charge in [-0.25, -0.2) is 0 Å². The van der Waals surface area contributed by atoms with Crippen molar-refractivity contribution in [3.63, 3.8) is 0 Å². The lowest BCUT2D eigenvalue weighted by Crippen LogP contribution is -2.27. The van der Waals surface area contributed by atoms with Crippen LogP contribution in [0.1, 0.15) is 29.8 Å². The summed E-state index contributed by atoms with van der Waals surface area (Å²) in [5, 5.41) is 9.21. The summed E-state index contributed by atoms with van der Waals surface area (Å²) in [6, 6.07) is 11.8. The van der Waals surface area contributed by atoms with Crippen LogP contribution < -0.4 is 11.1 Å². The molecule has 3 N–H and O–H groups in total. The molecule has 1 aliphatic rings. The van der Waals surface area contributed by atoms with Gasteiger partial charge in [-0.2, -0.15) is 5.10 Å². The predicted octanol–water partition coefficient (Wildman–Crippen LogP) is 2.96. The van der Waals surface area contributed by atoms with Crippen LogP contribution in [0.25, 0.3) is 22.2 Å². The number of carbonyl (C=O) groups excluding carboxylic acids is 1. The van der Waals surface area contributed by atoms with Gasteiger partial charge in [-0.15, -0.1) is 0 Å². The van der Waals surface area contributed by atoms with Crippen LogP contribution in [0.2, 0.25) is 0 Å². The van der Waals surface area contributed by atoms with Crippen LogP contribution in [0, 0.1) is 0 Å². The maximum Gasteiger partial charge on any atom is 0.196 e. The van der Waals surface area contributed by atoms with Crippen LogP contribution in [0.5, 0.6) is 0 Å². The third-order valence-corrected chi connectivity index (χ3v) is 5.56. The van der Waals surface area contributed by atoms with Crippen LogP contribution in [-0.4, -0.2) is 53.2 Å². The Morgan fingerprint density at radius 2 is 1.86 bits per heavy atom. The quantitative estimate of drug-likeness (QED) is 0.494. The lowest BCUT2D eigenvalue weighted by atomic mass is 9.86. The molecule has 0 bridgehead atoms. The monoisotopic (exact) mass is 377 g/mol. The summed E-state index contributed by atoms with van der Waals surface area (Å²) < 4.78 is 2.05. The number of nitrogens with one attached hydrogen (secondary N) is 1. The molecule has 1 heterocycles. The first kappa shape index (κ1) is 18.7. The predicted molar refractivity (Wildman–Crippen MR) is 114 cm³/mol. The van der Waals surface area contributed by atoms with Crippen molar-refractivity contribution in [2.45, 2.75) is 20.4 Å². The molecule has 0 amide bonds. The topological polar surface area (TPSA) is 76.2 Å². The Kier molecular flexibility index (Phi) is 5.15. The molecule has 4 rings (SSSR count). The number of anilines is 1. The van der Waals surface area contributed by atoms with Crippen molar-refractivity contribution >= 4 is 22.4 Å². The minimum absolute atomic E-state index is 0.0523. The second-order valence-corrected chi connectivity index (χ2v) is 7.07. The molecule has 0 unspecified atom stereocenters. The number of hydrogen-bond acceptors (Lipinski definition) is 5. The number of nitrogens with zero attached hydrogens (tertiary/aromatic N) is 3. The molecule has 6 heteroatoms. The molecule has 0 saturated heterocycles. The highest BCUT2D eigenvalue weighted by molar-refractivity contribution is 6.27. The third-order valence-electron chi connectivity index (χ3n) is 5.56. The van der Waals surface area contributed by atoms with E-state index in [2.05, 4.69) is 34.8 Å². The maximum absolute atomic E-state index is 13.3. The van der Waals surface area contributed by atoms with Gasteiger partial charge in [-0.1, -0.05) is 38.1 Å². The average molecular weight is 377 g/mol. The Bertz CT molecular complexity index is 1020. The van der Waals surface area contributed by atoms with Gasteiger partial charge in [0, 0.05) is 41.8 Å². The van der Waals surface area contributed by atoms with E-state index in [1.807, 2.05) is 30.3 Å². The van der Waals surface area contributed by atoms with Crippen LogP contribution in [-0.2, 0) is 6.54 Å². The highest BCUT2D eigenvalue weighted by Crippen LogP contribution is 2.41. The zero-order valence-corrected chi connectivity index (χ0v) is 16.5. The normalized spacial score (nSPS) is 12.6. The zero-order chi connectivity index (χ0) is 19.7. The van der Waals surface area contributed by atoms with Crippen molar-refractivity contribution in [3.05, 3.63) is 47.5 Å². The van der Waals surface area contributed by atoms with Gasteiger partial charge in [-0.3, -0.25) is 9.48 Å². The fraction of sp³-hybridized carbons (Fsp3) is 0.364. The lowest BCUT2D eigenvalue weighted by Gasteiger charge is -2.19. The SMILES string of the molecule is CCN(CC)CCn1nc2c3c(c(NCCN)ccc31)C(=O)c1ccccc1-2. The van der Waals surface area contributed by atoms with Crippen LogP contribution in [0.4, 0.5) is 5.69 Å². The minimum Gasteiger partial charge on any atom is -0.383 e. The van der Waals surface area contributed by atoms with Gasteiger partial charge < -0.3 is 16.0 Å². The molecule has 0 aliphatic heterocycles. The molecule has 1 aliphatic carbocycles.